The van der Waals surface area contributed by atoms with Crippen molar-refractivity contribution in [1.82, 2.24) is 20.2 Å². The number of aromatic amines is 2. The molecule has 2 heterocycles. The van der Waals surface area contributed by atoms with Crippen molar-refractivity contribution in [1.29, 1.82) is 0 Å². The predicted octanol–water partition coefficient (Wildman–Crippen LogP) is -0.0829. The summed E-state index contributed by atoms with van der Waals surface area (Å²) in [6.45, 7) is 4.45. The summed E-state index contributed by atoms with van der Waals surface area (Å²) in [6.07, 6.45) is 3.53. The topological polar surface area (TPSA) is 81.0 Å². The molecule has 1 aromatic heterocycles. The molecule has 1 aliphatic heterocycles. The third kappa shape index (κ3) is 2.58. The van der Waals surface area contributed by atoms with Gasteiger partial charge in [0.1, 0.15) is 5.69 Å². The Hall–Kier alpha value is -1.56. The second-order valence-corrected chi connectivity index (χ2v) is 4.25. The second kappa shape index (κ2) is 5.18. The molecule has 0 saturated carbocycles. The highest BCUT2D eigenvalue weighted by molar-refractivity contribution is 5.92. The molecule has 2 rings (SSSR count). The molecule has 94 valence electrons. The van der Waals surface area contributed by atoms with Crippen LogP contribution in [0.15, 0.2) is 11.0 Å². The van der Waals surface area contributed by atoms with Gasteiger partial charge in [0.2, 0.25) is 0 Å². The van der Waals surface area contributed by atoms with Gasteiger partial charge in [-0.2, -0.15) is 0 Å². The van der Waals surface area contributed by atoms with Gasteiger partial charge < -0.3 is 20.2 Å². The van der Waals surface area contributed by atoms with Gasteiger partial charge in [0, 0.05) is 25.3 Å². The maximum absolute atomic E-state index is 12.2. The summed E-state index contributed by atoms with van der Waals surface area (Å²) in [6, 6.07) is 0.222. The highest BCUT2D eigenvalue weighted by Gasteiger charge is 2.25. The molecular formula is C11H18N4O2. The van der Waals surface area contributed by atoms with Crippen LogP contribution in [0.5, 0.6) is 0 Å². The van der Waals surface area contributed by atoms with Crippen molar-refractivity contribution < 1.29 is 4.79 Å². The van der Waals surface area contributed by atoms with Gasteiger partial charge in [-0.1, -0.05) is 0 Å². The highest BCUT2D eigenvalue weighted by atomic mass is 16.2. The molecule has 0 aromatic carbocycles. The number of rotatable bonds is 3. The van der Waals surface area contributed by atoms with Gasteiger partial charge in [-0.15, -0.1) is 0 Å². The summed E-state index contributed by atoms with van der Waals surface area (Å²) in [5.74, 6) is -0.112. The largest absolute Gasteiger partial charge is 0.333 e. The molecule has 0 radical (unpaired) electrons. The number of likely N-dealkylation sites (N-methyl/N-ethyl adjacent to an activating group) is 1. The molecular weight excluding hydrogens is 220 g/mol. The monoisotopic (exact) mass is 238 g/mol. The number of amides is 1. The first-order chi connectivity index (χ1) is 8.22. The summed E-state index contributed by atoms with van der Waals surface area (Å²) in [5, 5.41) is 3.29. The van der Waals surface area contributed by atoms with Crippen LogP contribution in [-0.4, -0.2) is 46.5 Å². The number of hydrogen-bond donors (Lipinski definition) is 3. The van der Waals surface area contributed by atoms with Crippen molar-refractivity contribution in [3.63, 3.8) is 0 Å². The Bertz CT molecular complexity index is 431. The minimum Gasteiger partial charge on any atom is -0.333 e. The van der Waals surface area contributed by atoms with E-state index >= 15 is 0 Å². The molecule has 6 nitrogen and oxygen atoms in total. The van der Waals surface area contributed by atoms with E-state index in [1.807, 2.05) is 11.8 Å². The van der Waals surface area contributed by atoms with Crippen molar-refractivity contribution >= 4 is 5.91 Å². The fourth-order valence-electron chi connectivity index (χ4n) is 2.27. The Morgan fingerprint density at radius 3 is 2.94 bits per heavy atom. The maximum atomic E-state index is 12.2. The number of aromatic nitrogens is 2. The summed E-state index contributed by atoms with van der Waals surface area (Å²) in [5.41, 5.74) is -0.00593. The first kappa shape index (κ1) is 11.9. The van der Waals surface area contributed by atoms with Gasteiger partial charge >= 0.3 is 5.69 Å². The van der Waals surface area contributed by atoms with Crippen LogP contribution in [0.2, 0.25) is 0 Å². The first-order valence-electron chi connectivity index (χ1n) is 6.01. The van der Waals surface area contributed by atoms with Crippen LogP contribution < -0.4 is 11.0 Å². The van der Waals surface area contributed by atoms with E-state index in [2.05, 4.69) is 15.3 Å². The van der Waals surface area contributed by atoms with Crippen LogP contribution in [0.3, 0.4) is 0 Å². The molecule has 17 heavy (non-hydrogen) atoms. The van der Waals surface area contributed by atoms with Crippen LogP contribution in [0, 0.1) is 0 Å². The summed E-state index contributed by atoms with van der Waals surface area (Å²) < 4.78 is 0. The molecule has 1 saturated heterocycles. The molecule has 1 amide bonds. The van der Waals surface area contributed by atoms with Crippen molar-refractivity contribution in [2.75, 3.05) is 19.6 Å². The normalized spacial score (nSPS) is 20.2. The number of carbonyl (C=O) groups excluding carboxylic acids is 1. The number of H-pyrrole nitrogens is 2. The highest BCUT2D eigenvalue weighted by Crippen LogP contribution is 2.12. The third-order valence-electron chi connectivity index (χ3n) is 3.14. The zero-order valence-electron chi connectivity index (χ0n) is 9.95. The molecule has 1 fully saturated rings. The van der Waals surface area contributed by atoms with Crippen LogP contribution >= 0.6 is 0 Å². The fourth-order valence-corrected chi connectivity index (χ4v) is 2.27. The van der Waals surface area contributed by atoms with Crippen LogP contribution in [0.4, 0.5) is 0 Å². The third-order valence-corrected chi connectivity index (χ3v) is 3.14. The lowest BCUT2D eigenvalue weighted by Crippen LogP contribution is -2.48. The number of carbonyl (C=O) groups is 1. The molecule has 1 aromatic rings. The standard InChI is InChI=1S/C11H18N4O2/c1-2-15(8-4-3-5-12-6-8)10(16)9-7-13-11(17)14-9/h7-8,12H,2-6H2,1H3,(H2,13,14,17). The molecule has 0 aliphatic carbocycles. The van der Waals surface area contributed by atoms with Crippen molar-refractivity contribution in [2.24, 2.45) is 0 Å². The van der Waals surface area contributed by atoms with Gasteiger partial charge in [0.05, 0.1) is 0 Å². The Labute approximate surface area is 99.4 Å². The number of nitrogens with zero attached hydrogens (tertiary/aromatic N) is 1. The maximum Gasteiger partial charge on any atom is 0.323 e. The Balaban J connectivity index is 2.11. The van der Waals surface area contributed by atoms with Crippen molar-refractivity contribution in [2.45, 2.75) is 25.8 Å². The second-order valence-electron chi connectivity index (χ2n) is 4.25. The van der Waals surface area contributed by atoms with Gasteiger partial charge in [0.25, 0.3) is 5.91 Å². The summed E-state index contributed by atoms with van der Waals surface area (Å²) in [4.78, 5) is 30.0. The minimum atomic E-state index is -0.342. The smallest absolute Gasteiger partial charge is 0.323 e. The lowest BCUT2D eigenvalue weighted by atomic mass is 10.1. The number of imidazole rings is 1. The lowest BCUT2D eigenvalue weighted by molar-refractivity contribution is 0.0656. The molecule has 6 heteroatoms. The zero-order chi connectivity index (χ0) is 12.3. The van der Waals surface area contributed by atoms with E-state index < -0.39 is 0 Å². The summed E-state index contributed by atoms with van der Waals surface area (Å²) >= 11 is 0. The Morgan fingerprint density at radius 2 is 2.41 bits per heavy atom. The van der Waals surface area contributed by atoms with Crippen LogP contribution in [-0.2, 0) is 0 Å². The summed E-state index contributed by atoms with van der Waals surface area (Å²) in [7, 11) is 0. The van der Waals surface area contributed by atoms with Gasteiger partial charge in [0.15, 0.2) is 0 Å². The molecule has 1 unspecified atom stereocenters. The molecule has 0 bridgehead atoms. The lowest BCUT2D eigenvalue weighted by Gasteiger charge is -2.33. The van der Waals surface area contributed by atoms with Gasteiger partial charge in [-0.25, -0.2) is 4.79 Å². The number of piperidine rings is 1. The minimum absolute atomic E-state index is 0.112. The van der Waals surface area contributed by atoms with Crippen LogP contribution in [0.25, 0.3) is 0 Å². The number of nitrogens with one attached hydrogen (secondary N) is 3. The SMILES string of the molecule is CCN(C(=O)c1c[nH]c(=O)[nH]1)C1CCCNC1. The molecule has 0 spiro atoms. The Morgan fingerprint density at radius 1 is 1.59 bits per heavy atom. The van der Waals surface area contributed by atoms with E-state index in [0.29, 0.717) is 12.2 Å². The van der Waals surface area contributed by atoms with Crippen molar-refractivity contribution in [3.05, 3.63) is 22.4 Å². The van der Waals surface area contributed by atoms with Gasteiger partial charge in [-0.3, -0.25) is 4.79 Å². The average molecular weight is 238 g/mol. The zero-order valence-corrected chi connectivity index (χ0v) is 9.95. The molecule has 1 atom stereocenters. The first-order valence-corrected chi connectivity index (χ1v) is 6.01. The van der Waals surface area contributed by atoms with E-state index in [1.165, 1.54) is 6.20 Å². The average Bonchev–Trinajstić information content (AvgIpc) is 2.78. The van der Waals surface area contributed by atoms with Gasteiger partial charge in [-0.05, 0) is 26.3 Å². The van der Waals surface area contributed by atoms with E-state index in [1.54, 1.807) is 0 Å². The van der Waals surface area contributed by atoms with E-state index in [9.17, 15) is 9.59 Å². The Kier molecular flexibility index (Phi) is 3.63. The fraction of sp³-hybridized carbons (Fsp3) is 0.636. The molecule has 1 aliphatic rings. The van der Waals surface area contributed by atoms with E-state index in [-0.39, 0.29) is 17.6 Å². The number of hydrogen-bond acceptors (Lipinski definition) is 3. The van der Waals surface area contributed by atoms with Crippen molar-refractivity contribution in [3.8, 4) is 0 Å². The quantitative estimate of drug-likeness (QED) is 0.689. The van der Waals surface area contributed by atoms with E-state index in [4.69, 9.17) is 0 Å². The molecule has 3 N–H and O–H groups in total. The predicted molar refractivity (Wildman–Crippen MR) is 64.0 cm³/mol. The van der Waals surface area contributed by atoms with E-state index in [0.717, 1.165) is 25.9 Å². The van der Waals surface area contributed by atoms with Crippen LogP contribution in [0.1, 0.15) is 30.3 Å².